The number of aromatic nitrogens is 2. The molecule has 0 spiro atoms. The van der Waals surface area contributed by atoms with Gasteiger partial charge in [-0.1, -0.05) is 18.2 Å². The fourth-order valence-corrected chi connectivity index (χ4v) is 4.73. The first-order valence-corrected chi connectivity index (χ1v) is 11.4. The molecule has 9 heteroatoms. The topological polar surface area (TPSA) is 79.7 Å². The molecule has 4 rings (SSSR count). The van der Waals surface area contributed by atoms with Gasteiger partial charge in [-0.3, -0.25) is 9.59 Å². The van der Waals surface area contributed by atoms with E-state index >= 15 is 0 Å². The fourth-order valence-electron chi connectivity index (χ4n) is 3.35. The first-order chi connectivity index (χ1) is 15.9. The van der Waals surface area contributed by atoms with E-state index in [9.17, 15) is 9.59 Å². The van der Waals surface area contributed by atoms with Gasteiger partial charge in [0.1, 0.15) is 5.75 Å². The maximum Gasteiger partial charge on any atom is 0.324 e. The van der Waals surface area contributed by atoms with Crippen molar-refractivity contribution in [1.29, 1.82) is 0 Å². The number of methoxy groups -OCH3 is 2. The number of nitrogens with zero attached hydrogens (tertiary/aromatic N) is 2. The van der Waals surface area contributed by atoms with Crippen LogP contribution in [0.4, 0.5) is 0 Å². The van der Waals surface area contributed by atoms with Gasteiger partial charge in [-0.2, -0.15) is 5.10 Å². The third-order valence-electron chi connectivity index (χ3n) is 4.94. The summed E-state index contributed by atoms with van der Waals surface area (Å²) in [6.45, 7) is 0. The lowest BCUT2D eigenvalue weighted by Crippen LogP contribution is -2.24. The number of para-hydroxylation sites is 1. The molecule has 0 amide bonds. The molecule has 3 aromatic carbocycles. The second kappa shape index (κ2) is 9.76. The predicted octanol–water partition coefficient (Wildman–Crippen LogP) is 5.77. The summed E-state index contributed by atoms with van der Waals surface area (Å²) in [6, 6.07) is 18.7. The van der Waals surface area contributed by atoms with Crippen LogP contribution in [-0.4, -0.2) is 35.9 Å². The molecule has 0 radical (unpaired) electrons. The smallest absolute Gasteiger partial charge is 0.324 e. The van der Waals surface area contributed by atoms with Crippen molar-refractivity contribution < 1.29 is 23.8 Å². The highest BCUT2D eigenvalue weighted by Gasteiger charge is 2.32. The van der Waals surface area contributed by atoms with Crippen molar-refractivity contribution in [3.63, 3.8) is 0 Å². The summed E-state index contributed by atoms with van der Waals surface area (Å²) in [5, 5.41) is 5.51. The Hall–Kier alpha value is -3.17. The number of esters is 2. The van der Waals surface area contributed by atoms with E-state index in [0.717, 1.165) is 16.6 Å². The Morgan fingerprint density at radius 2 is 1.55 bits per heavy atom. The van der Waals surface area contributed by atoms with Gasteiger partial charge < -0.3 is 14.2 Å². The van der Waals surface area contributed by atoms with Crippen molar-refractivity contribution in [1.82, 2.24) is 9.78 Å². The third-order valence-corrected chi connectivity index (χ3v) is 6.12. The van der Waals surface area contributed by atoms with Crippen LogP contribution in [0.1, 0.15) is 11.5 Å². The molecule has 168 valence electrons. The molecule has 7 nitrogen and oxygen atoms in total. The van der Waals surface area contributed by atoms with Crippen LogP contribution in [0.2, 0.25) is 0 Å². The summed E-state index contributed by atoms with van der Waals surface area (Å²) >= 11 is 6.95. The predicted molar refractivity (Wildman–Crippen MR) is 130 cm³/mol. The van der Waals surface area contributed by atoms with E-state index in [2.05, 4.69) is 37.0 Å². The molecule has 0 saturated heterocycles. The number of hydrogen-bond acceptors (Lipinski definition) is 6. The number of halogens is 2. The normalized spacial score (nSPS) is 10.9. The lowest BCUT2D eigenvalue weighted by Gasteiger charge is -2.16. The Morgan fingerprint density at radius 3 is 2.15 bits per heavy atom. The summed E-state index contributed by atoms with van der Waals surface area (Å²) in [5.41, 5.74) is 2.20. The summed E-state index contributed by atoms with van der Waals surface area (Å²) in [6.07, 6.45) is 1.93. The first kappa shape index (κ1) is 23.0. The van der Waals surface area contributed by atoms with Gasteiger partial charge in [0, 0.05) is 11.6 Å². The minimum absolute atomic E-state index is 0.402. The van der Waals surface area contributed by atoms with Crippen molar-refractivity contribution in [3.8, 4) is 17.2 Å². The Labute approximate surface area is 206 Å². The van der Waals surface area contributed by atoms with Crippen LogP contribution in [0.25, 0.3) is 16.6 Å². The zero-order valence-corrected chi connectivity index (χ0v) is 20.8. The summed E-state index contributed by atoms with van der Waals surface area (Å²) in [7, 11) is 2.44. The maximum absolute atomic E-state index is 12.1. The van der Waals surface area contributed by atoms with Crippen LogP contribution >= 0.6 is 31.9 Å². The van der Waals surface area contributed by atoms with E-state index < -0.39 is 17.9 Å². The fraction of sp³-hybridized carbons (Fsp3) is 0.125. The van der Waals surface area contributed by atoms with Crippen molar-refractivity contribution in [2.45, 2.75) is 5.92 Å². The Balaban J connectivity index is 1.65. The molecule has 0 bridgehead atoms. The molecule has 0 atom stereocenters. The number of benzene rings is 3. The largest absolute Gasteiger partial charge is 0.468 e. The highest BCUT2D eigenvalue weighted by molar-refractivity contribution is 9.11. The van der Waals surface area contributed by atoms with Crippen LogP contribution in [0.5, 0.6) is 11.5 Å². The lowest BCUT2D eigenvalue weighted by atomic mass is 9.99. The number of carbonyl (C=O) groups excluding carboxylic acids is 2. The van der Waals surface area contributed by atoms with E-state index in [1.54, 1.807) is 12.1 Å². The van der Waals surface area contributed by atoms with Gasteiger partial charge in [0.2, 0.25) is 0 Å². The zero-order valence-electron chi connectivity index (χ0n) is 17.6. The Bertz CT molecular complexity index is 1300. The SMILES string of the molecule is COC(=O)C(C(=O)OC)c1cc(Br)c(Oc2ccc3nn(-c4ccccc4)cc3c2)c(Br)c1. The number of fused-ring (bicyclic) bond motifs is 1. The molecule has 33 heavy (non-hydrogen) atoms. The van der Waals surface area contributed by atoms with Crippen molar-refractivity contribution >= 4 is 54.7 Å². The van der Waals surface area contributed by atoms with Gasteiger partial charge in [-0.15, -0.1) is 0 Å². The van der Waals surface area contributed by atoms with Gasteiger partial charge in [-0.25, -0.2) is 4.68 Å². The molecule has 1 heterocycles. The van der Waals surface area contributed by atoms with Gasteiger partial charge in [0.05, 0.1) is 34.4 Å². The average Bonchev–Trinajstić information content (AvgIpc) is 3.25. The second-order valence-electron chi connectivity index (χ2n) is 7.02. The molecule has 0 unspecified atom stereocenters. The summed E-state index contributed by atoms with van der Waals surface area (Å²) in [5.74, 6) is -1.55. The molecule has 0 saturated carbocycles. The van der Waals surface area contributed by atoms with Gasteiger partial charge in [0.15, 0.2) is 11.7 Å². The van der Waals surface area contributed by atoms with Gasteiger partial charge >= 0.3 is 11.9 Å². The molecular formula is C24H18Br2N2O5. The van der Waals surface area contributed by atoms with Crippen molar-refractivity contribution in [2.75, 3.05) is 14.2 Å². The minimum Gasteiger partial charge on any atom is -0.468 e. The zero-order chi connectivity index (χ0) is 23.5. The minimum atomic E-state index is -1.21. The number of hydrogen-bond donors (Lipinski definition) is 0. The monoisotopic (exact) mass is 572 g/mol. The summed E-state index contributed by atoms with van der Waals surface area (Å²) in [4.78, 5) is 24.3. The van der Waals surface area contributed by atoms with E-state index in [0.29, 0.717) is 26.0 Å². The van der Waals surface area contributed by atoms with Crippen LogP contribution in [0, 0.1) is 0 Å². The van der Waals surface area contributed by atoms with Crippen LogP contribution < -0.4 is 4.74 Å². The number of rotatable bonds is 6. The van der Waals surface area contributed by atoms with Crippen LogP contribution in [0.15, 0.2) is 75.8 Å². The Morgan fingerprint density at radius 1 is 0.909 bits per heavy atom. The summed E-state index contributed by atoms with van der Waals surface area (Å²) < 4.78 is 18.5. The molecule has 0 fully saturated rings. The molecule has 0 aliphatic carbocycles. The van der Waals surface area contributed by atoms with Gasteiger partial charge in [0.25, 0.3) is 0 Å². The highest BCUT2D eigenvalue weighted by atomic mass is 79.9. The van der Waals surface area contributed by atoms with Gasteiger partial charge in [-0.05, 0) is 79.9 Å². The standard InChI is InChI=1S/C24H18Br2N2O5/c1-31-23(29)21(24(30)32-2)14-11-18(25)22(19(26)12-14)33-17-8-9-20-15(10-17)13-28(27-20)16-6-4-3-5-7-16/h3-13,21H,1-2H3. The molecule has 0 aliphatic rings. The third kappa shape index (κ3) is 4.79. The van der Waals surface area contributed by atoms with E-state index in [1.165, 1.54) is 14.2 Å². The maximum atomic E-state index is 12.1. The van der Waals surface area contributed by atoms with E-state index in [1.807, 2.05) is 59.4 Å². The van der Waals surface area contributed by atoms with Crippen molar-refractivity contribution in [2.24, 2.45) is 0 Å². The van der Waals surface area contributed by atoms with Crippen molar-refractivity contribution in [3.05, 3.63) is 81.4 Å². The average molecular weight is 574 g/mol. The molecule has 0 N–H and O–H groups in total. The van der Waals surface area contributed by atoms with E-state index in [4.69, 9.17) is 14.2 Å². The molecule has 0 aliphatic heterocycles. The molecular weight excluding hydrogens is 556 g/mol. The van der Waals surface area contributed by atoms with Crippen LogP contribution in [0.3, 0.4) is 0 Å². The lowest BCUT2D eigenvalue weighted by molar-refractivity contribution is -0.154. The quantitative estimate of drug-likeness (QED) is 0.215. The molecule has 1 aromatic heterocycles. The highest BCUT2D eigenvalue weighted by Crippen LogP contribution is 2.40. The number of ether oxygens (including phenoxy) is 3. The second-order valence-corrected chi connectivity index (χ2v) is 8.73. The van der Waals surface area contributed by atoms with E-state index in [-0.39, 0.29) is 0 Å². The number of carbonyl (C=O) groups is 2. The Kier molecular flexibility index (Phi) is 6.80. The molecule has 4 aromatic rings. The van der Waals surface area contributed by atoms with Crippen LogP contribution in [-0.2, 0) is 19.1 Å². The first-order valence-electron chi connectivity index (χ1n) is 9.78.